The molecular weight excluding hydrogens is 229 g/mol. The number of piperidine rings is 2. The number of hydrogen-bond acceptors (Lipinski definition) is 2. The number of aryl methyl sites for hydroxylation is 1. The lowest BCUT2D eigenvalue weighted by molar-refractivity contribution is -0.0365. The molecule has 3 heteroatoms. The van der Waals surface area contributed by atoms with Gasteiger partial charge in [-0.2, -0.15) is 0 Å². The number of halogens is 1. The number of fused-ring (bicyclic) bond motifs is 2. The van der Waals surface area contributed by atoms with E-state index in [1.807, 2.05) is 6.92 Å². The Labute approximate surface area is 107 Å². The van der Waals surface area contributed by atoms with Crippen molar-refractivity contribution in [2.24, 2.45) is 0 Å². The number of rotatable bonds is 1. The van der Waals surface area contributed by atoms with Gasteiger partial charge in [-0.25, -0.2) is 4.39 Å². The summed E-state index contributed by atoms with van der Waals surface area (Å²) < 4.78 is 13.4. The monoisotopic (exact) mass is 249 g/mol. The predicted octanol–water partition coefficient (Wildman–Crippen LogP) is 2.63. The molecule has 2 saturated heterocycles. The first kappa shape index (κ1) is 12.1. The van der Waals surface area contributed by atoms with Crippen molar-refractivity contribution in [1.82, 2.24) is 5.32 Å². The van der Waals surface area contributed by atoms with Crippen LogP contribution in [0.2, 0.25) is 0 Å². The number of aliphatic hydroxyl groups is 1. The van der Waals surface area contributed by atoms with E-state index in [4.69, 9.17) is 0 Å². The van der Waals surface area contributed by atoms with E-state index >= 15 is 0 Å². The molecule has 2 aliphatic heterocycles. The van der Waals surface area contributed by atoms with Gasteiger partial charge in [-0.1, -0.05) is 12.5 Å². The summed E-state index contributed by atoms with van der Waals surface area (Å²) in [7, 11) is 0. The molecule has 2 unspecified atom stereocenters. The molecule has 18 heavy (non-hydrogen) atoms. The van der Waals surface area contributed by atoms with Crippen molar-refractivity contribution in [3.8, 4) is 0 Å². The van der Waals surface area contributed by atoms with Gasteiger partial charge in [0.1, 0.15) is 5.82 Å². The van der Waals surface area contributed by atoms with Gasteiger partial charge in [0.2, 0.25) is 0 Å². The van der Waals surface area contributed by atoms with Gasteiger partial charge in [-0.15, -0.1) is 0 Å². The lowest BCUT2D eigenvalue weighted by Crippen LogP contribution is -2.54. The fourth-order valence-corrected chi connectivity index (χ4v) is 3.65. The van der Waals surface area contributed by atoms with Crippen LogP contribution in [0.4, 0.5) is 4.39 Å². The zero-order chi connectivity index (χ0) is 12.8. The Balaban J connectivity index is 1.96. The molecule has 0 amide bonds. The van der Waals surface area contributed by atoms with E-state index in [2.05, 4.69) is 5.32 Å². The van der Waals surface area contributed by atoms with Gasteiger partial charge in [0.25, 0.3) is 0 Å². The molecule has 1 aromatic carbocycles. The largest absolute Gasteiger partial charge is 0.385 e. The Morgan fingerprint density at radius 2 is 1.94 bits per heavy atom. The van der Waals surface area contributed by atoms with Crippen molar-refractivity contribution in [1.29, 1.82) is 0 Å². The molecule has 2 bridgehead atoms. The SMILES string of the molecule is Cc1ccc(F)cc1C1(O)CC2CCCC(C1)N2. The van der Waals surface area contributed by atoms with E-state index in [1.165, 1.54) is 18.6 Å². The van der Waals surface area contributed by atoms with Crippen molar-refractivity contribution in [3.05, 3.63) is 35.1 Å². The molecule has 2 aliphatic rings. The summed E-state index contributed by atoms with van der Waals surface area (Å²) in [6, 6.07) is 5.50. The lowest BCUT2D eigenvalue weighted by Gasteiger charge is -2.46. The van der Waals surface area contributed by atoms with Crippen molar-refractivity contribution in [3.63, 3.8) is 0 Å². The number of benzene rings is 1. The summed E-state index contributed by atoms with van der Waals surface area (Å²) in [5, 5.41) is 14.5. The first-order chi connectivity index (χ1) is 8.57. The molecule has 0 aromatic heterocycles. The minimum Gasteiger partial charge on any atom is -0.385 e. The Morgan fingerprint density at radius 1 is 1.28 bits per heavy atom. The number of nitrogens with one attached hydrogen (secondary N) is 1. The molecule has 0 aliphatic carbocycles. The van der Waals surface area contributed by atoms with Gasteiger partial charge in [-0.05, 0) is 55.9 Å². The lowest BCUT2D eigenvalue weighted by atomic mass is 9.73. The van der Waals surface area contributed by atoms with Gasteiger partial charge >= 0.3 is 0 Å². The Morgan fingerprint density at radius 3 is 2.61 bits per heavy atom. The Kier molecular flexibility index (Phi) is 2.91. The molecule has 2 N–H and O–H groups in total. The van der Waals surface area contributed by atoms with Crippen LogP contribution in [-0.2, 0) is 5.60 Å². The van der Waals surface area contributed by atoms with Crippen LogP contribution in [-0.4, -0.2) is 17.2 Å². The summed E-state index contributed by atoms with van der Waals surface area (Å²) in [6.45, 7) is 1.95. The fourth-order valence-electron chi connectivity index (χ4n) is 3.65. The van der Waals surface area contributed by atoms with Crippen LogP contribution >= 0.6 is 0 Å². The third-order valence-electron chi connectivity index (χ3n) is 4.45. The van der Waals surface area contributed by atoms with Crippen molar-refractivity contribution >= 4 is 0 Å². The van der Waals surface area contributed by atoms with E-state index in [0.717, 1.165) is 24.0 Å². The molecule has 0 saturated carbocycles. The fraction of sp³-hybridized carbons (Fsp3) is 0.600. The van der Waals surface area contributed by atoms with Gasteiger partial charge in [-0.3, -0.25) is 0 Å². The van der Waals surface area contributed by atoms with Crippen molar-refractivity contribution in [2.75, 3.05) is 0 Å². The summed E-state index contributed by atoms with van der Waals surface area (Å²) in [5.41, 5.74) is 0.910. The molecule has 0 radical (unpaired) electrons. The zero-order valence-corrected chi connectivity index (χ0v) is 10.7. The first-order valence-corrected chi connectivity index (χ1v) is 6.82. The van der Waals surface area contributed by atoms with E-state index in [0.29, 0.717) is 24.9 Å². The second kappa shape index (κ2) is 4.32. The zero-order valence-electron chi connectivity index (χ0n) is 10.7. The maximum absolute atomic E-state index is 13.4. The number of hydrogen-bond donors (Lipinski definition) is 2. The highest BCUT2D eigenvalue weighted by molar-refractivity contribution is 5.33. The highest BCUT2D eigenvalue weighted by Gasteiger charge is 2.42. The molecule has 2 heterocycles. The summed E-state index contributed by atoms with van der Waals surface area (Å²) in [6.07, 6.45) is 4.88. The van der Waals surface area contributed by atoms with Crippen LogP contribution in [0.1, 0.15) is 43.2 Å². The van der Waals surface area contributed by atoms with Crippen molar-refractivity contribution in [2.45, 2.75) is 56.7 Å². The Hall–Kier alpha value is -0.930. The Bertz CT molecular complexity index is 448. The summed E-state index contributed by atoms with van der Waals surface area (Å²) in [5.74, 6) is -0.257. The van der Waals surface area contributed by atoms with Crippen LogP contribution in [0.3, 0.4) is 0 Å². The maximum Gasteiger partial charge on any atom is 0.123 e. The van der Waals surface area contributed by atoms with E-state index in [1.54, 1.807) is 6.07 Å². The molecule has 1 aromatic rings. The highest BCUT2D eigenvalue weighted by Crippen LogP contribution is 2.40. The maximum atomic E-state index is 13.4. The highest BCUT2D eigenvalue weighted by atomic mass is 19.1. The second-order valence-corrected chi connectivity index (χ2v) is 5.89. The molecular formula is C15H20FNO. The topological polar surface area (TPSA) is 32.3 Å². The molecule has 2 fully saturated rings. The minimum atomic E-state index is -0.854. The van der Waals surface area contributed by atoms with E-state index in [9.17, 15) is 9.50 Å². The molecule has 3 rings (SSSR count). The van der Waals surface area contributed by atoms with Gasteiger partial charge in [0.15, 0.2) is 0 Å². The smallest absolute Gasteiger partial charge is 0.123 e. The molecule has 2 atom stereocenters. The van der Waals surface area contributed by atoms with Crippen LogP contribution in [0, 0.1) is 12.7 Å². The quantitative estimate of drug-likeness (QED) is 0.802. The van der Waals surface area contributed by atoms with E-state index < -0.39 is 5.60 Å². The van der Waals surface area contributed by atoms with Gasteiger partial charge < -0.3 is 10.4 Å². The summed E-state index contributed by atoms with van der Waals surface area (Å²) in [4.78, 5) is 0. The van der Waals surface area contributed by atoms with Crippen LogP contribution in [0.5, 0.6) is 0 Å². The average molecular weight is 249 g/mol. The third kappa shape index (κ3) is 2.06. The van der Waals surface area contributed by atoms with E-state index in [-0.39, 0.29) is 5.82 Å². The first-order valence-electron chi connectivity index (χ1n) is 6.82. The second-order valence-electron chi connectivity index (χ2n) is 5.89. The van der Waals surface area contributed by atoms with Crippen LogP contribution < -0.4 is 5.32 Å². The van der Waals surface area contributed by atoms with Crippen LogP contribution in [0.15, 0.2) is 18.2 Å². The molecule has 2 nitrogen and oxygen atoms in total. The standard InChI is InChI=1S/C15H20FNO/c1-10-5-6-11(16)7-14(10)15(18)8-12-3-2-4-13(9-15)17-12/h5-7,12-13,17-18H,2-4,8-9H2,1H3. The normalized spacial score (nSPS) is 35.5. The minimum absolute atomic E-state index is 0.257. The third-order valence-corrected chi connectivity index (χ3v) is 4.45. The molecule has 98 valence electrons. The average Bonchev–Trinajstić information content (AvgIpc) is 2.31. The van der Waals surface area contributed by atoms with Gasteiger partial charge in [0.05, 0.1) is 5.60 Å². The predicted molar refractivity (Wildman–Crippen MR) is 68.8 cm³/mol. The van der Waals surface area contributed by atoms with Gasteiger partial charge in [0, 0.05) is 12.1 Å². The summed E-state index contributed by atoms with van der Waals surface area (Å²) >= 11 is 0. The van der Waals surface area contributed by atoms with Crippen LogP contribution in [0.25, 0.3) is 0 Å². The van der Waals surface area contributed by atoms with Crippen molar-refractivity contribution < 1.29 is 9.50 Å². The molecule has 0 spiro atoms.